The molecule has 0 atom stereocenters. The van der Waals surface area contributed by atoms with Gasteiger partial charge in [-0.3, -0.25) is 14.9 Å². The van der Waals surface area contributed by atoms with E-state index in [2.05, 4.69) is 12.1 Å². The summed E-state index contributed by atoms with van der Waals surface area (Å²) in [5, 5.41) is 11.1. The van der Waals surface area contributed by atoms with Crippen LogP contribution in [-0.2, 0) is 0 Å². The monoisotopic (exact) mass is 340 g/mol. The fourth-order valence-electron chi connectivity index (χ4n) is 3.29. The molecule has 0 bridgehead atoms. The lowest BCUT2D eigenvalue weighted by molar-refractivity contribution is -0.385. The molecule has 0 spiro atoms. The van der Waals surface area contributed by atoms with Crippen LogP contribution in [0.2, 0.25) is 0 Å². The molecule has 2 aromatic carbocycles. The van der Waals surface area contributed by atoms with E-state index in [1.54, 1.807) is 11.0 Å². The van der Waals surface area contributed by atoms with Gasteiger partial charge >= 0.3 is 5.69 Å². The molecule has 1 aliphatic rings. The fourth-order valence-corrected chi connectivity index (χ4v) is 3.29. The summed E-state index contributed by atoms with van der Waals surface area (Å²) >= 11 is 0. The van der Waals surface area contributed by atoms with Gasteiger partial charge in [-0.2, -0.15) is 0 Å². The third-order valence-electron chi connectivity index (χ3n) is 4.68. The molecule has 0 aromatic heterocycles. The van der Waals surface area contributed by atoms with Crippen molar-refractivity contribution in [3.63, 3.8) is 0 Å². The van der Waals surface area contributed by atoms with Gasteiger partial charge in [-0.15, -0.1) is 0 Å². The average Bonchev–Trinajstić information content (AvgIpc) is 2.67. The molecule has 1 fully saturated rings. The molecule has 1 heterocycles. The Bertz CT molecular complexity index is 768. The summed E-state index contributed by atoms with van der Waals surface area (Å²) in [5.74, 6) is 0.442. The first-order valence-electron chi connectivity index (χ1n) is 8.27. The van der Waals surface area contributed by atoms with Crippen molar-refractivity contribution >= 4 is 11.6 Å². The van der Waals surface area contributed by atoms with Gasteiger partial charge in [0.05, 0.1) is 12.0 Å². The van der Waals surface area contributed by atoms with Crippen LogP contribution in [0.1, 0.15) is 34.7 Å². The molecule has 6 heteroatoms. The quantitative estimate of drug-likeness (QED) is 0.629. The van der Waals surface area contributed by atoms with E-state index >= 15 is 0 Å². The van der Waals surface area contributed by atoms with Gasteiger partial charge in [-0.1, -0.05) is 30.3 Å². The van der Waals surface area contributed by atoms with Crippen molar-refractivity contribution in [2.75, 3.05) is 20.2 Å². The molecule has 1 aliphatic heterocycles. The minimum Gasteiger partial charge on any atom is -0.490 e. The number of nitro groups is 1. The van der Waals surface area contributed by atoms with E-state index in [1.165, 1.54) is 24.8 Å². The van der Waals surface area contributed by atoms with Crippen molar-refractivity contribution in [3.05, 3.63) is 69.8 Å². The lowest BCUT2D eigenvalue weighted by atomic mass is 9.89. The third kappa shape index (κ3) is 3.63. The molecule has 6 nitrogen and oxygen atoms in total. The first-order chi connectivity index (χ1) is 12.1. The second kappa shape index (κ2) is 7.34. The Hall–Kier alpha value is -2.89. The molecule has 0 radical (unpaired) electrons. The predicted octanol–water partition coefficient (Wildman–Crippen LogP) is 3.62. The fraction of sp³-hybridized carbons (Fsp3) is 0.316. The number of piperidine rings is 1. The normalized spacial score (nSPS) is 15.0. The second-order valence-electron chi connectivity index (χ2n) is 6.12. The third-order valence-corrected chi connectivity index (χ3v) is 4.68. The topological polar surface area (TPSA) is 72.7 Å². The zero-order valence-electron chi connectivity index (χ0n) is 14.1. The minimum atomic E-state index is -0.531. The summed E-state index contributed by atoms with van der Waals surface area (Å²) in [7, 11) is 1.37. The van der Waals surface area contributed by atoms with Gasteiger partial charge in [0.2, 0.25) is 0 Å². The van der Waals surface area contributed by atoms with Crippen molar-refractivity contribution < 1.29 is 14.5 Å². The van der Waals surface area contributed by atoms with Crippen LogP contribution in [0.3, 0.4) is 0 Å². The number of methoxy groups -OCH3 is 1. The number of nitrogens with zero attached hydrogens (tertiary/aromatic N) is 2. The van der Waals surface area contributed by atoms with E-state index in [4.69, 9.17) is 4.74 Å². The summed E-state index contributed by atoms with van der Waals surface area (Å²) in [6.45, 7) is 1.30. The standard InChI is InChI=1S/C19H20N2O4/c1-25-18-8-7-16(13-17(18)21(23)24)19(22)20-11-9-15(10-12-20)14-5-3-2-4-6-14/h2-8,13,15H,9-12H2,1H3. The summed E-state index contributed by atoms with van der Waals surface area (Å²) in [6.07, 6.45) is 1.79. The van der Waals surface area contributed by atoms with Crippen LogP contribution in [0.25, 0.3) is 0 Å². The maximum absolute atomic E-state index is 12.7. The number of carbonyl (C=O) groups excluding carboxylic acids is 1. The predicted molar refractivity (Wildman–Crippen MR) is 94.0 cm³/mol. The number of ether oxygens (including phenoxy) is 1. The van der Waals surface area contributed by atoms with Crippen molar-refractivity contribution in [2.45, 2.75) is 18.8 Å². The highest BCUT2D eigenvalue weighted by Gasteiger charge is 2.26. The maximum Gasteiger partial charge on any atom is 0.311 e. The van der Waals surface area contributed by atoms with Crippen LogP contribution in [0.15, 0.2) is 48.5 Å². The van der Waals surface area contributed by atoms with Gasteiger partial charge < -0.3 is 9.64 Å². The van der Waals surface area contributed by atoms with Crippen molar-refractivity contribution in [1.82, 2.24) is 4.90 Å². The summed E-state index contributed by atoms with van der Waals surface area (Å²) < 4.78 is 4.98. The van der Waals surface area contributed by atoms with Crippen LogP contribution in [0, 0.1) is 10.1 Å². The van der Waals surface area contributed by atoms with Crippen molar-refractivity contribution in [3.8, 4) is 5.75 Å². The Kier molecular flexibility index (Phi) is 4.97. The van der Waals surface area contributed by atoms with E-state index in [0.717, 1.165) is 12.8 Å². The first-order valence-corrected chi connectivity index (χ1v) is 8.27. The Labute approximate surface area is 146 Å². The van der Waals surface area contributed by atoms with Crippen molar-refractivity contribution in [2.24, 2.45) is 0 Å². The van der Waals surface area contributed by atoms with Gasteiger partial charge in [0.25, 0.3) is 5.91 Å². The van der Waals surface area contributed by atoms with E-state index < -0.39 is 4.92 Å². The molecule has 130 valence electrons. The lowest BCUT2D eigenvalue weighted by Crippen LogP contribution is -2.37. The van der Waals surface area contributed by atoms with Crippen molar-refractivity contribution in [1.29, 1.82) is 0 Å². The summed E-state index contributed by atoms with van der Waals surface area (Å²) in [6, 6.07) is 14.7. The number of likely N-dealkylation sites (tertiary alicyclic amines) is 1. The number of benzene rings is 2. The number of rotatable bonds is 4. The summed E-state index contributed by atoms with van der Waals surface area (Å²) in [4.78, 5) is 25.1. The van der Waals surface area contributed by atoms with Gasteiger partial charge in [0.15, 0.2) is 5.75 Å². The molecule has 1 saturated heterocycles. The SMILES string of the molecule is COc1ccc(C(=O)N2CCC(c3ccccc3)CC2)cc1[N+](=O)[O-]. The zero-order valence-corrected chi connectivity index (χ0v) is 14.1. The van der Waals surface area contributed by atoms with Crippen LogP contribution in [0.5, 0.6) is 5.75 Å². The summed E-state index contributed by atoms with van der Waals surface area (Å²) in [5.41, 5.74) is 1.44. The molecule has 0 aliphatic carbocycles. The number of nitro benzene ring substituents is 1. The van der Waals surface area contributed by atoms with Gasteiger partial charge in [-0.05, 0) is 36.5 Å². The molecule has 0 saturated carbocycles. The molecule has 2 aromatic rings. The Morgan fingerprint density at radius 2 is 1.84 bits per heavy atom. The van der Waals surface area contributed by atoms with Crippen LogP contribution in [-0.4, -0.2) is 35.9 Å². The molecule has 0 unspecified atom stereocenters. The lowest BCUT2D eigenvalue weighted by Gasteiger charge is -2.32. The number of amides is 1. The molecule has 25 heavy (non-hydrogen) atoms. The van der Waals surface area contributed by atoms with Gasteiger partial charge in [0.1, 0.15) is 0 Å². The smallest absolute Gasteiger partial charge is 0.311 e. The number of hydrogen-bond donors (Lipinski definition) is 0. The van der Waals surface area contributed by atoms with Gasteiger partial charge in [0, 0.05) is 24.7 Å². The Morgan fingerprint density at radius 1 is 1.16 bits per heavy atom. The highest BCUT2D eigenvalue weighted by atomic mass is 16.6. The molecule has 1 amide bonds. The minimum absolute atomic E-state index is 0.157. The Balaban J connectivity index is 1.70. The van der Waals surface area contributed by atoms with E-state index in [0.29, 0.717) is 24.6 Å². The van der Waals surface area contributed by atoms with Crippen LogP contribution < -0.4 is 4.74 Å². The van der Waals surface area contributed by atoms with Crippen LogP contribution >= 0.6 is 0 Å². The second-order valence-corrected chi connectivity index (χ2v) is 6.12. The molecule has 3 rings (SSSR count). The highest BCUT2D eigenvalue weighted by Crippen LogP contribution is 2.31. The maximum atomic E-state index is 12.7. The molecule has 0 N–H and O–H groups in total. The van der Waals surface area contributed by atoms with Gasteiger partial charge in [-0.25, -0.2) is 0 Å². The van der Waals surface area contributed by atoms with E-state index in [-0.39, 0.29) is 17.3 Å². The highest BCUT2D eigenvalue weighted by molar-refractivity contribution is 5.95. The van der Waals surface area contributed by atoms with Crippen LogP contribution in [0.4, 0.5) is 5.69 Å². The number of carbonyl (C=O) groups is 1. The average molecular weight is 340 g/mol. The zero-order chi connectivity index (χ0) is 17.8. The Morgan fingerprint density at radius 3 is 2.44 bits per heavy atom. The van der Waals surface area contributed by atoms with E-state index in [1.807, 2.05) is 18.2 Å². The molecular formula is C19H20N2O4. The van der Waals surface area contributed by atoms with E-state index in [9.17, 15) is 14.9 Å². The first kappa shape index (κ1) is 17.0. The number of hydrogen-bond acceptors (Lipinski definition) is 4. The molecular weight excluding hydrogens is 320 g/mol. The largest absolute Gasteiger partial charge is 0.490 e.